The standard InChI is InChI=1S/C15H17N3O6.C11H14/c1-24-13(19)9-2-3-11-12(6-9)18(15(22)23)8-10-7-16(14(20)21)4-5-17(10)11;1-11(2,3)10-5-4-8-6-9(10)7-8/h2-3,6,10H,4-5,7-8H2,1H3,(H,20,21)(H,22,23);4-6H,7H2,1-3H3. The highest BCUT2D eigenvalue weighted by molar-refractivity contribution is 5.98. The number of anilines is 2. The van der Waals surface area contributed by atoms with E-state index in [9.17, 15) is 19.5 Å². The third-order valence-corrected chi connectivity index (χ3v) is 6.75. The Morgan fingerprint density at radius 3 is 2.17 bits per heavy atom. The molecule has 1 unspecified atom stereocenters. The maximum atomic E-state index is 11.7. The van der Waals surface area contributed by atoms with Crippen molar-refractivity contribution in [3.8, 4) is 0 Å². The molecule has 0 aromatic heterocycles. The second-order valence-electron chi connectivity index (χ2n) is 10.1. The Kier molecular flexibility index (Phi) is 6.36. The number of rotatable bonds is 1. The lowest BCUT2D eigenvalue weighted by molar-refractivity contribution is 0.0600. The van der Waals surface area contributed by atoms with Crippen molar-refractivity contribution in [2.24, 2.45) is 0 Å². The smallest absolute Gasteiger partial charge is 0.411 e. The van der Waals surface area contributed by atoms with Crippen molar-refractivity contribution >= 4 is 29.5 Å². The first-order chi connectivity index (χ1) is 16.5. The summed E-state index contributed by atoms with van der Waals surface area (Å²) in [5.41, 5.74) is 6.24. The van der Waals surface area contributed by atoms with Crippen LogP contribution in [0.4, 0.5) is 21.0 Å². The van der Waals surface area contributed by atoms with Gasteiger partial charge in [0, 0.05) is 19.6 Å². The van der Waals surface area contributed by atoms with Crippen molar-refractivity contribution in [2.45, 2.75) is 38.6 Å². The van der Waals surface area contributed by atoms with E-state index in [2.05, 4.69) is 43.7 Å². The van der Waals surface area contributed by atoms with Gasteiger partial charge in [-0.1, -0.05) is 39.0 Å². The molecular weight excluding hydrogens is 450 g/mol. The molecule has 9 heteroatoms. The molecule has 2 N–H and O–H groups in total. The van der Waals surface area contributed by atoms with Crippen LogP contribution in [0.15, 0.2) is 36.4 Å². The number of carboxylic acid groups (broad SMARTS) is 2. The fraction of sp³-hybridized carbons (Fsp3) is 0.423. The van der Waals surface area contributed by atoms with E-state index in [1.165, 1.54) is 35.6 Å². The molecule has 1 atom stereocenters. The predicted molar refractivity (Wildman–Crippen MR) is 132 cm³/mol. The van der Waals surface area contributed by atoms with Crippen LogP contribution in [0.25, 0.3) is 0 Å². The number of carbonyl (C=O) groups excluding carboxylic acids is 1. The molecule has 0 saturated carbocycles. The summed E-state index contributed by atoms with van der Waals surface area (Å²) in [5.74, 6) is -0.541. The van der Waals surface area contributed by atoms with Crippen LogP contribution in [0.5, 0.6) is 0 Å². The summed E-state index contributed by atoms with van der Waals surface area (Å²) in [6.45, 7) is 8.00. The zero-order valence-corrected chi connectivity index (χ0v) is 20.4. The number of amides is 2. The Labute approximate surface area is 204 Å². The van der Waals surface area contributed by atoms with Gasteiger partial charge in [-0.15, -0.1) is 0 Å². The minimum absolute atomic E-state index is 0.136. The van der Waals surface area contributed by atoms with Crippen LogP contribution >= 0.6 is 0 Å². The van der Waals surface area contributed by atoms with Crippen LogP contribution in [0, 0.1) is 0 Å². The van der Waals surface area contributed by atoms with Gasteiger partial charge in [0.15, 0.2) is 0 Å². The highest BCUT2D eigenvalue weighted by atomic mass is 16.5. The number of ether oxygens (including phenoxy) is 1. The molecule has 2 aliphatic carbocycles. The lowest BCUT2D eigenvalue weighted by Crippen LogP contribution is -2.61. The van der Waals surface area contributed by atoms with E-state index in [0.717, 1.165) is 4.90 Å². The Balaban J connectivity index is 0.000000218. The van der Waals surface area contributed by atoms with E-state index in [1.807, 2.05) is 4.90 Å². The van der Waals surface area contributed by atoms with E-state index >= 15 is 0 Å². The molecule has 2 heterocycles. The molecule has 35 heavy (non-hydrogen) atoms. The first-order valence-electron chi connectivity index (χ1n) is 11.6. The molecule has 2 amide bonds. The van der Waals surface area contributed by atoms with Crippen molar-refractivity contribution in [3.63, 3.8) is 0 Å². The number of fused-ring (bicyclic) bond motifs is 5. The average Bonchev–Trinajstić information content (AvgIpc) is 2.81. The van der Waals surface area contributed by atoms with Gasteiger partial charge in [-0.3, -0.25) is 4.90 Å². The zero-order valence-electron chi connectivity index (χ0n) is 20.4. The number of benzene rings is 2. The number of methoxy groups -OCH3 is 1. The van der Waals surface area contributed by atoms with Crippen molar-refractivity contribution < 1.29 is 29.3 Å². The van der Waals surface area contributed by atoms with Crippen molar-refractivity contribution in [2.75, 3.05) is 43.1 Å². The first kappa shape index (κ1) is 24.4. The largest absolute Gasteiger partial charge is 0.465 e. The molecule has 2 aromatic rings. The zero-order chi connectivity index (χ0) is 25.5. The number of nitrogens with zero attached hydrogens (tertiary/aromatic N) is 3. The van der Waals surface area contributed by atoms with E-state index in [4.69, 9.17) is 5.11 Å². The van der Waals surface area contributed by atoms with Gasteiger partial charge in [0.2, 0.25) is 0 Å². The lowest BCUT2D eigenvalue weighted by Gasteiger charge is -2.47. The van der Waals surface area contributed by atoms with Gasteiger partial charge in [0.25, 0.3) is 0 Å². The second-order valence-corrected chi connectivity index (χ2v) is 10.1. The molecule has 0 radical (unpaired) electrons. The molecule has 1 fully saturated rings. The van der Waals surface area contributed by atoms with E-state index in [-0.39, 0.29) is 24.7 Å². The Morgan fingerprint density at radius 2 is 1.66 bits per heavy atom. The minimum Gasteiger partial charge on any atom is -0.465 e. The fourth-order valence-electron chi connectivity index (χ4n) is 4.94. The topological polar surface area (TPSA) is 111 Å². The number of hydrogen-bond donors (Lipinski definition) is 2. The predicted octanol–water partition coefficient (Wildman–Crippen LogP) is 4.03. The molecule has 1 saturated heterocycles. The average molecular weight is 482 g/mol. The Morgan fingerprint density at radius 1 is 0.943 bits per heavy atom. The molecule has 2 bridgehead atoms. The third kappa shape index (κ3) is 4.76. The SMILES string of the molecule is CC(C)(C)c1ccc2cc1C2.COC(=O)c1ccc2c(c1)N(C(=O)O)CC1CN(C(=O)O)CCN21. The highest BCUT2D eigenvalue weighted by Gasteiger charge is 2.38. The van der Waals surface area contributed by atoms with Gasteiger partial charge in [-0.25, -0.2) is 14.4 Å². The first-order valence-corrected chi connectivity index (χ1v) is 11.6. The molecular formula is C26H31N3O6. The lowest BCUT2D eigenvalue weighted by atomic mass is 9.77. The van der Waals surface area contributed by atoms with Crippen molar-refractivity contribution in [3.05, 3.63) is 58.7 Å². The molecule has 0 spiro atoms. The monoisotopic (exact) mass is 481 g/mol. The van der Waals surface area contributed by atoms with E-state index in [0.29, 0.717) is 29.9 Å². The third-order valence-electron chi connectivity index (χ3n) is 6.75. The van der Waals surface area contributed by atoms with Gasteiger partial charge >= 0.3 is 18.2 Å². The fourth-order valence-corrected chi connectivity index (χ4v) is 4.94. The number of esters is 1. The summed E-state index contributed by atoms with van der Waals surface area (Å²) in [6, 6.07) is 11.3. The molecule has 2 aliphatic heterocycles. The van der Waals surface area contributed by atoms with Crippen LogP contribution in [-0.4, -0.2) is 72.6 Å². The second kappa shape index (κ2) is 9.13. The minimum atomic E-state index is -1.15. The summed E-state index contributed by atoms with van der Waals surface area (Å²) in [7, 11) is 1.26. The molecule has 4 aliphatic rings. The highest BCUT2D eigenvalue weighted by Crippen LogP contribution is 2.38. The van der Waals surface area contributed by atoms with Crippen LogP contribution in [0.2, 0.25) is 0 Å². The van der Waals surface area contributed by atoms with E-state index < -0.39 is 18.2 Å². The van der Waals surface area contributed by atoms with Crippen LogP contribution in [0.3, 0.4) is 0 Å². The molecule has 2 aromatic carbocycles. The van der Waals surface area contributed by atoms with Gasteiger partial charge in [0.05, 0.1) is 36.6 Å². The van der Waals surface area contributed by atoms with Crippen LogP contribution < -0.4 is 9.80 Å². The van der Waals surface area contributed by atoms with Gasteiger partial charge in [-0.05, 0) is 46.7 Å². The Bertz CT molecular complexity index is 1170. The van der Waals surface area contributed by atoms with Gasteiger partial charge in [-0.2, -0.15) is 0 Å². The van der Waals surface area contributed by atoms with Crippen molar-refractivity contribution in [1.82, 2.24) is 4.90 Å². The Hall–Kier alpha value is -3.75. The normalized spacial score (nSPS) is 17.8. The summed E-state index contributed by atoms with van der Waals surface area (Å²) in [4.78, 5) is 38.9. The number of carbonyl (C=O) groups is 3. The summed E-state index contributed by atoms with van der Waals surface area (Å²) < 4.78 is 4.68. The van der Waals surface area contributed by atoms with Crippen LogP contribution in [-0.2, 0) is 16.6 Å². The van der Waals surface area contributed by atoms with E-state index in [1.54, 1.807) is 17.7 Å². The molecule has 9 nitrogen and oxygen atoms in total. The number of hydrogen-bond acceptors (Lipinski definition) is 5. The molecule has 6 rings (SSSR count). The van der Waals surface area contributed by atoms with Gasteiger partial charge < -0.3 is 24.7 Å². The maximum absolute atomic E-state index is 11.7. The maximum Gasteiger partial charge on any atom is 0.411 e. The quantitative estimate of drug-likeness (QED) is 0.505. The van der Waals surface area contributed by atoms with Crippen LogP contribution in [0.1, 0.15) is 47.8 Å². The van der Waals surface area contributed by atoms with Gasteiger partial charge in [0.1, 0.15) is 0 Å². The summed E-state index contributed by atoms with van der Waals surface area (Å²) >= 11 is 0. The molecule has 186 valence electrons. The van der Waals surface area contributed by atoms with Crippen molar-refractivity contribution in [1.29, 1.82) is 0 Å². The number of piperazine rings is 1. The summed E-state index contributed by atoms with van der Waals surface area (Å²) in [5, 5.41) is 18.6. The summed E-state index contributed by atoms with van der Waals surface area (Å²) in [6.07, 6.45) is -0.947.